The molecule has 2 rings (SSSR count). The molecule has 0 radical (unpaired) electrons. The molecule has 100 valence electrons. The average Bonchev–Trinajstić information content (AvgIpc) is 2.45. The van der Waals surface area contributed by atoms with Crippen LogP contribution < -0.4 is 5.32 Å². The molecule has 0 aliphatic carbocycles. The lowest BCUT2D eigenvalue weighted by molar-refractivity contribution is 0.510. The molecule has 1 heteroatoms. The summed E-state index contributed by atoms with van der Waals surface area (Å²) in [5.74, 6) is 0.736. The van der Waals surface area contributed by atoms with Gasteiger partial charge in [-0.2, -0.15) is 0 Å². The first-order chi connectivity index (χ1) is 9.27. The molecule has 1 nitrogen and oxygen atoms in total. The van der Waals surface area contributed by atoms with Gasteiger partial charge in [-0.25, -0.2) is 0 Å². The van der Waals surface area contributed by atoms with E-state index in [0.29, 0.717) is 6.04 Å². The summed E-state index contributed by atoms with van der Waals surface area (Å²) >= 11 is 0. The molecule has 19 heavy (non-hydrogen) atoms. The fourth-order valence-corrected chi connectivity index (χ4v) is 2.24. The molecule has 0 aromatic heterocycles. The van der Waals surface area contributed by atoms with Gasteiger partial charge in [-0.1, -0.05) is 74.5 Å². The van der Waals surface area contributed by atoms with Crippen LogP contribution in [0.15, 0.2) is 60.7 Å². The summed E-state index contributed by atoms with van der Waals surface area (Å²) in [6, 6.07) is 21.6. The van der Waals surface area contributed by atoms with Gasteiger partial charge in [0.05, 0.1) is 6.04 Å². The Morgan fingerprint density at radius 2 is 1.26 bits per heavy atom. The van der Waals surface area contributed by atoms with Gasteiger partial charge in [-0.05, 0) is 30.0 Å². The standard InChI is InChI=1S/C18H23N/c1-15(2)13-14-19-18(16-9-5-3-6-10-16)17-11-7-4-8-12-17/h3-12,15,18-19H,13-14H2,1-2H3. The molecular weight excluding hydrogens is 230 g/mol. The van der Waals surface area contributed by atoms with Crippen molar-refractivity contribution in [1.29, 1.82) is 0 Å². The van der Waals surface area contributed by atoms with Gasteiger partial charge in [0.15, 0.2) is 0 Å². The highest BCUT2D eigenvalue weighted by Crippen LogP contribution is 2.21. The summed E-state index contributed by atoms with van der Waals surface area (Å²) < 4.78 is 0. The van der Waals surface area contributed by atoms with Crippen LogP contribution >= 0.6 is 0 Å². The van der Waals surface area contributed by atoms with Crippen LogP contribution in [0, 0.1) is 5.92 Å². The molecule has 0 spiro atoms. The molecule has 0 saturated heterocycles. The maximum atomic E-state index is 3.68. The fraction of sp³-hybridized carbons (Fsp3) is 0.333. The van der Waals surface area contributed by atoms with Gasteiger partial charge in [-0.3, -0.25) is 0 Å². The minimum absolute atomic E-state index is 0.293. The minimum atomic E-state index is 0.293. The van der Waals surface area contributed by atoms with Crippen molar-refractivity contribution in [3.05, 3.63) is 71.8 Å². The third-order valence-electron chi connectivity index (χ3n) is 3.34. The highest BCUT2D eigenvalue weighted by atomic mass is 14.9. The summed E-state index contributed by atoms with van der Waals surface area (Å²) in [7, 11) is 0. The van der Waals surface area contributed by atoms with E-state index in [1.807, 2.05) is 0 Å². The first-order valence-corrected chi connectivity index (χ1v) is 7.10. The molecule has 0 aliphatic rings. The Hall–Kier alpha value is -1.60. The van der Waals surface area contributed by atoms with Crippen LogP contribution in [0.2, 0.25) is 0 Å². The largest absolute Gasteiger partial charge is 0.306 e. The molecule has 0 heterocycles. The lowest BCUT2D eigenvalue weighted by atomic mass is 9.98. The van der Waals surface area contributed by atoms with Gasteiger partial charge in [0, 0.05) is 0 Å². The molecule has 2 aromatic rings. The number of rotatable bonds is 6. The van der Waals surface area contributed by atoms with Crippen molar-refractivity contribution in [2.24, 2.45) is 5.92 Å². The van der Waals surface area contributed by atoms with Crippen LogP contribution in [-0.4, -0.2) is 6.54 Å². The highest BCUT2D eigenvalue weighted by Gasteiger charge is 2.12. The Kier molecular flexibility index (Phi) is 5.17. The lowest BCUT2D eigenvalue weighted by Crippen LogP contribution is -2.24. The van der Waals surface area contributed by atoms with Gasteiger partial charge in [-0.15, -0.1) is 0 Å². The van der Waals surface area contributed by atoms with Gasteiger partial charge < -0.3 is 5.32 Å². The van der Waals surface area contributed by atoms with E-state index in [1.165, 1.54) is 17.5 Å². The summed E-state index contributed by atoms with van der Waals surface area (Å²) in [4.78, 5) is 0. The van der Waals surface area contributed by atoms with Crippen LogP contribution in [0.1, 0.15) is 37.4 Å². The van der Waals surface area contributed by atoms with Crippen molar-refractivity contribution in [2.45, 2.75) is 26.3 Å². The zero-order valence-electron chi connectivity index (χ0n) is 11.8. The molecule has 0 bridgehead atoms. The summed E-state index contributed by atoms with van der Waals surface area (Å²) in [6.07, 6.45) is 1.20. The van der Waals surface area contributed by atoms with Crippen molar-refractivity contribution in [3.63, 3.8) is 0 Å². The maximum absolute atomic E-state index is 3.68. The van der Waals surface area contributed by atoms with Gasteiger partial charge >= 0.3 is 0 Å². The van der Waals surface area contributed by atoms with Crippen LogP contribution in [0.4, 0.5) is 0 Å². The van der Waals surface area contributed by atoms with Crippen molar-refractivity contribution in [3.8, 4) is 0 Å². The Bertz CT molecular complexity index is 422. The monoisotopic (exact) mass is 253 g/mol. The van der Waals surface area contributed by atoms with E-state index in [-0.39, 0.29) is 0 Å². The van der Waals surface area contributed by atoms with Crippen LogP contribution in [0.25, 0.3) is 0 Å². The second-order valence-corrected chi connectivity index (χ2v) is 5.39. The third kappa shape index (κ3) is 4.22. The molecule has 0 fully saturated rings. The predicted octanol–water partition coefficient (Wildman–Crippen LogP) is 4.41. The van der Waals surface area contributed by atoms with Gasteiger partial charge in [0.1, 0.15) is 0 Å². The minimum Gasteiger partial charge on any atom is -0.306 e. The molecular formula is C18H23N. The molecule has 2 aromatic carbocycles. The lowest BCUT2D eigenvalue weighted by Gasteiger charge is -2.20. The Morgan fingerprint density at radius 3 is 1.68 bits per heavy atom. The quantitative estimate of drug-likeness (QED) is 0.804. The number of benzene rings is 2. The van der Waals surface area contributed by atoms with E-state index in [4.69, 9.17) is 0 Å². The highest BCUT2D eigenvalue weighted by molar-refractivity contribution is 5.31. The van der Waals surface area contributed by atoms with E-state index < -0.39 is 0 Å². The van der Waals surface area contributed by atoms with E-state index in [2.05, 4.69) is 79.8 Å². The van der Waals surface area contributed by atoms with Crippen molar-refractivity contribution in [1.82, 2.24) is 5.32 Å². The van der Waals surface area contributed by atoms with E-state index in [0.717, 1.165) is 12.5 Å². The van der Waals surface area contributed by atoms with Crippen LogP contribution in [0.3, 0.4) is 0 Å². The molecule has 0 unspecified atom stereocenters. The molecule has 1 N–H and O–H groups in total. The Morgan fingerprint density at radius 1 is 0.789 bits per heavy atom. The second-order valence-electron chi connectivity index (χ2n) is 5.39. The number of nitrogens with one attached hydrogen (secondary N) is 1. The smallest absolute Gasteiger partial charge is 0.0576 e. The summed E-state index contributed by atoms with van der Waals surface area (Å²) in [5.41, 5.74) is 2.66. The van der Waals surface area contributed by atoms with Crippen molar-refractivity contribution >= 4 is 0 Å². The zero-order valence-corrected chi connectivity index (χ0v) is 11.8. The number of hydrogen-bond acceptors (Lipinski definition) is 1. The summed E-state index contributed by atoms with van der Waals surface area (Å²) in [5, 5.41) is 3.68. The molecule has 0 saturated carbocycles. The fourth-order valence-electron chi connectivity index (χ4n) is 2.24. The predicted molar refractivity (Wildman–Crippen MR) is 82.2 cm³/mol. The topological polar surface area (TPSA) is 12.0 Å². The van der Waals surface area contributed by atoms with E-state index in [9.17, 15) is 0 Å². The molecule has 0 amide bonds. The third-order valence-corrected chi connectivity index (χ3v) is 3.34. The van der Waals surface area contributed by atoms with Crippen molar-refractivity contribution in [2.75, 3.05) is 6.54 Å². The normalized spacial score (nSPS) is 11.2. The zero-order chi connectivity index (χ0) is 13.5. The van der Waals surface area contributed by atoms with E-state index in [1.54, 1.807) is 0 Å². The first kappa shape index (κ1) is 13.8. The molecule has 0 aliphatic heterocycles. The average molecular weight is 253 g/mol. The van der Waals surface area contributed by atoms with E-state index >= 15 is 0 Å². The molecule has 0 atom stereocenters. The Balaban J connectivity index is 2.14. The van der Waals surface area contributed by atoms with Crippen molar-refractivity contribution < 1.29 is 0 Å². The number of hydrogen-bond donors (Lipinski definition) is 1. The second kappa shape index (κ2) is 7.10. The van der Waals surface area contributed by atoms with Crippen LogP contribution in [-0.2, 0) is 0 Å². The first-order valence-electron chi connectivity index (χ1n) is 7.10. The Labute approximate surface area is 116 Å². The summed E-state index contributed by atoms with van der Waals surface area (Å²) in [6.45, 7) is 5.58. The maximum Gasteiger partial charge on any atom is 0.0576 e. The van der Waals surface area contributed by atoms with Gasteiger partial charge in [0.2, 0.25) is 0 Å². The van der Waals surface area contributed by atoms with Crippen LogP contribution in [0.5, 0.6) is 0 Å². The van der Waals surface area contributed by atoms with Gasteiger partial charge in [0.25, 0.3) is 0 Å². The SMILES string of the molecule is CC(C)CCNC(c1ccccc1)c1ccccc1.